The summed E-state index contributed by atoms with van der Waals surface area (Å²) in [5, 5.41) is 2.69. The third-order valence-electron chi connectivity index (χ3n) is 3.62. The van der Waals surface area contributed by atoms with Crippen LogP contribution in [0.2, 0.25) is 0 Å². The lowest BCUT2D eigenvalue weighted by Crippen LogP contribution is -2.43. The SMILES string of the molecule is Cc1cc(NC(=O)CCCN(CCS)S(=O)(=O)NCC(C)C)ccc1F. The monoisotopic (exact) mass is 405 g/mol. The summed E-state index contributed by atoms with van der Waals surface area (Å²) in [6.45, 7) is 6.32. The Kier molecular flexibility index (Phi) is 9.56. The third kappa shape index (κ3) is 8.03. The Morgan fingerprint density at radius 3 is 2.58 bits per heavy atom. The molecule has 0 aromatic heterocycles. The Bertz CT molecular complexity index is 696. The molecule has 0 saturated heterocycles. The maximum Gasteiger partial charge on any atom is 0.279 e. The van der Waals surface area contributed by atoms with Crippen LogP contribution in [0, 0.1) is 18.7 Å². The molecule has 0 fully saturated rings. The van der Waals surface area contributed by atoms with Gasteiger partial charge in [0.2, 0.25) is 5.91 Å². The van der Waals surface area contributed by atoms with Crippen LogP contribution in [-0.4, -0.2) is 44.0 Å². The van der Waals surface area contributed by atoms with Crippen molar-refractivity contribution in [2.24, 2.45) is 5.92 Å². The largest absolute Gasteiger partial charge is 0.326 e. The smallest absolute Gasteiger partial charge is 0.279 e. The summed E-state index contributed by atoms with van der Waals surface area (Å²) >= 11 is 4.10. The summed E-state index contributed by atoms with van der Waals surface area (Å²) in [5.41, 5.74) is 0.970. The van der Waals surface area contributed by atoms with E-state index in [4.69, 9.17) is 0 Å². The number of nitrogens with zero attached hydrogens (tertiary/aromatic N) is 1. The van der Waals surface area contributed by atoms with Crippen LogP contribution in [0.4, 0.5) is 10.1 Å². The number of hydrogen-bond acceptors (Lipinski definition) is 4. The van der Waals surface area contributed by atoms with Gasteiger partial charge >= 0.3 is 0 Å². The molecular formula is C17H28FN3O3S2. The van der Waals surface area contributed by atoms with Crippen molar-refractivity contribution in [3.05, 3.63) is 29.6 Å². The number of rotatable bonds is 11. The topological polar surface area (TPSA) is 78.5 Å². The van der Waals surface area contributed by atoms with E-state index >= 15 is 0 Å². The molecule has 0 aliphatic rings. The van der Waals surface area contributed by atoms with Gasteiger partial charge in [0.15, 0.2) is 0 Å². The number of amides is 1. The second kappa shape index (κ2) is 10.9. The van der Waals surface area contributed by atoms with Crippen LogP contribution in [0.1, 0.15) is 32.3 Å². The van der Waals surface area contributed by atoms with Gasteiger partial charge in [0.05, 0.1) is 0 Å². The fourth-order valence-corrected chi connectivity index (χ4v) is 3.99. The first-order chi connectivity index (χ1) is 12.2. The molecule has 1 aromatic carbocycles. The van der Waals surface area contributed by atoms with Gasteiger partial charge in [-0.05, 0) is 43.0 Å². The quantitative estimate of drug-likeness (QED) is 0.495. The molecule has 1 rings (SSSR count). The molecule has 9 heteroatoms. The second-order valence-corrected chi connectivity index (χ2v) is 8.69. The zero-order valence-electron chi connectivity index (χ0n) is 15.5. The highest BCUT2D eigenvalue weighted by atomic mass is 32.2. The molecule has 0 heterocycles. The molecule has 1 amide bonds. The van der Waals surface area contributed by atoms with Crippen molar-refractivity contribution in [1.82, 2.24) is 9.03 Å². The highest BCUT2D eigenvalue weighted by Crippen LogP contribution is 2.14. The lowest BCUT2D eigenvalue weighted by molar-refractivity contribution is -0.116. The van der Waals surface area contributed by atoms with Gasteiger partial charge in [-0.2, -0.15) is 25.4 Å². The van der Waals surface area contributed by atoms with Crippen molar-refractivity contribution >= 4 is 34.4 Å². The summed E-state index contributed by atoms with van der Waals surface area (Å²) < 4.78 is 41.7. The zero-order valence-corrected chi connectivity index (χ0v) is 17.2. The van der Waals surface area contributed by atoms with Crippen molar-refractivity contribution in [3.8, 4) is 0 Å². The van der Waals surface area contributed by atoms with Gasteiger partial charge in [0.25, 0.3) is 10.2 Å². The van der Waals surface area contributed by atoms with E-state index in [9.17, 15) is 17.6 Å². The Balaban J connectivity index is 2.53. The fourth-order valence-electron chi connectivity index (χ4n) is 2.19. The van der Waals surface area contributed by atoms with Gasteiger partial charge in [0.1, 0.15) is 5.82 Å². The van der Waals surface area contributed by atoms with Gasteiger partial charge in [0, 0.05) is 37.5 Å². The molecule has 26 heavy (non-hydrogen) atoms. The summed E-state index contributed by atoms with van der Waals surface area (Å²) in [4.78, 5) is 12.0. The number of aryl methyl sites for hydroxylation is 1. The molecule has 0 radical (unpaired) electrons. The molecule has 0 aliphatic heterocycles. The lowest BCUT2D eigenvalue weighted by Gasteiger charge is -2.22. The van der Waals surface area contributed by atoms with Crippen molar-refractivity contribution in [2.45, 2.75) is 33.6 Å². The Hall–Kier alpha value is -1.16. The zero-order chi connectivity index (χ0) is 19.7. The number of carbonyl (C=O) groups excluding carboxylic acids is 1. The maximum absolute atomic E-state index is 13.2. The van der Waals surface area contributed by atoms with Crippen LogP contribution in [0.15, 0.2) is 18.2 Å². The van der Waals surface area contributed by atoms with Crippen LogP contribution >= 0.6 is 12.6 Å². The van der Waals surface area contributed by atoms with E-state index in [-0.39, 0.29) is 37.2 Å². The first-order valence-corrected chi connectivity index (χ1v) is 10.6. The summed E-state index contributed by atoms with van der Waals surface area (Å²) in [7, 11) is -3.59. The van der Waals surface area contributed by atoms with E-state index in [0.29, 0.717) is 30.0 Å². The first kappa shape index (κ1) is 22.9. The van der Waals surface area contributed by atoms with Crippen molar-refractivity contribution in [3.63, 3.8) is 0 Å². The number of hydrogen-bond donors (Lipinski definition) is 3. The standard InChI is InChI=1S/C17H28FN3O3S2/c1-13(2)12-19-26(23,24)21(9-10-25)8-4-5-17(22)20-15-6-7-16(18)14(3)11-15/h6-7,11,13,19,25H,4-5,8-10,12H2,1-3H3,(H,20,22). The molecular weight excluding hydrogens is 377 g/mol. The van der Waals surface area contributed by atoms with E-state index in [2.05, 4.69) is 22.7 Å². The van der Waals surface area contributed by atoms with E-state index in [0.717, 1.165) is 0 Å². The van der Waals surface area contributed by atoms with Crippen LogP contribution < -0.4 is 10.0 Å². The van der Waals surface area contributed by atoms with Crippen molar-refractivity contribution < 1.29 is 17.6 Å². The molecule has 0 spiro atoms. The average molecular weight is 406 g/mol. The number of halogens is 1. The summed E-state index contributed by atoms with van der Waals surface area (Å²) in [6, 6.07) is 4.35. The number of benzene rings is 1. The minimum Gasteiger partial charge on any atom is -0.326 e. The average Bonchev–Trinajstić information content (AvgIpc) is 2.55. The highest BCUT2D eigenvalue weighted by molar-refractivity contribution is 7.87. The Morgan fingerprint density at radius 1 is 1.31 bits per heavy atom. The Morgan fingerprint density at radius 2 is 2.00 bits per heavy atom. The molecule has 6 nitrogen and oxygen atoms in total. The van der Waals surface area contributed by atoms with Crippen LogP contribution in [0.3, 0.4) is 0 Å². The van der Waals surface area contributed by atoms with Crippen LogP contribution in [0.25, 0.3) is 0 Å². The van der Waals surface area contributed by atoms with Gasteiger partial charge < -0.3 is 5.32 Å². The number of anilines is 1. The minimum absolute atomic E-state index is 0.166. The molecule has 0 atom stereocenters. The molecule has 2 N–H and O–H groups in total. The normalized spacial score (nSPS) is 12.0. The Labute approximate surface area is 161 Å². The van der Waals surface area contributed by atoms with Gasteiger partial charge in [-0.15, -0.1) is 0 Å². The third-order valence-corrected chi connectivity index (χ3v) is 5.39. The second-order valence-electron chi connectivity index (χ2n) is 6.49. The lowest BCUT2D eigenvalue weighted by atomic mass is 10.2. The minimum atomic E-state index is -3.59. The van der Waals surface area contributed by atoms with Crippen molar-refractivity contribution in [2.75, 3.05) is 30.7 Å². The number of nitrogens with one attached hydrogen (secondary N) is 2. The van der Waals surface area contributed by atoms with Gasteiger partial charge in [-0.25, -0.2) is 9.11 Å². The van der Waals surface area contributed by atoms with Crippen LogP contribution in [0.5, 0.6) is 0 Å². The number of thiol groups is 1. The summed E-state index contributed by atoms with van der Waals surface area (Å²) in [5.74, 6) is 0.0235. The van der Waals surface area contributed by atoms with E-state index in [1.165, 1.54) is 16.4 Å². The first-order valence-electron chi connectivity index (χ1n) is 8.57. The summed E-state index contributed by atoms with van der Waals surface area (Å²) in [6.07, 6.45) is 0.543. The van der Waals surface area contributed by atoms with Crippen LogP contribution in [-0.2, 0) is 15.0 Å². The number of carbonyl (C=O) groups is 1. The molecule has 0 saturated carbocycles. The maximum atomic E-state index is 13.2. The van der Waals surface area contributed by atoms with E-state index in [1.54, 1.807) is 13.0 Å². The van der Waals surface area contributed by atoms with Crippen molar-refractivity contribution in [1.29, 1.82) is 0 Å². The van der Waals surface area contributed by atoms with Gasteiger partial charge in [-0.1, -0.05) is 13.8 Å². The van der Waals surface area contributed by atoms with E-state index < -0.39 is 10.2 Å². The molecule has 1 aromatic rings. The molecule has 0 aliphatic carbocycles. The molecule has 0 bridgehead atoms. The van der Waals surface area contributed by atoms with Gasteiger partial charge in [-0.3, -0.25) is 4.79 Å². The predicted molar refractivity (Wildman–Crippen MR) is 106 cm³/mol. The fraction of sp³-hybridized carbons (Fsp3) is 0.588. The predicted octanol–water partition coefficient (Wildman–Crippen LogP) is 2.58. The molecule has 148 valence electrons. The highest BCUT2D eigenvalue weighted by Gasteiger charge is 2.21. The van der Waals surface area contributed by atoms with E-state index in [1.807, 2.05) is 13.8 Å². The molecule has 0 unspecified atom stereocenters.